The summed E-state index contributed by atoms with van der Waals surface area (Å²) in [5.74, 6) is -0.627. The molecule has 1 aliphatic heterocycles. The molecule has 3 rings (SSSR count). The molecular weight excluding hydrogens is 298 g/mol. The molecule has 0 saturated heterocycles. The van der Waals surface area contributed by atoms with Gasteiger partial charge in [0.05, 0.1) is 0 Å². The Hall–Kier alpha value is -2.14. The van der Waals surface area contributed by atoms with Crippen LogP contribution in [0.4, 0.5) is 5.69 Å². The highest BCUT2D eigenvalue weighted by atomic mass is 32.1. The molecule has 1 aromatic heterocycles. The van der Waals surface area contributed by atoms with Crippen LogP contribution in [0.15, 0.2) is 41.8 Å². The number of carbonyl (C=O) groups excluding carboxylic acids is 2. The van der Waals surface area contributed by atoms with E-state index in [1.165, 1.54) is 11.3 Å². The van der Waals surface area contributed by atoms with Crippen molar-refractivity contribution in [3.63, 3.8) is 0 Å². The molecule has 1 aliphatic rings. The molecule has 5 heteroatoms. The minimum absolute atomic E-state index is 0.0767. The maximum atomic E-state index is 12.7. The molecule has 4 nitrogen and oxygen atoms in total. The molecule has 114 valence electrons. The van der Waals surface area contributed by atoms with Gasteiger partial charge in [0.1, 0.15) is 4.88 Å². The highest BCUT2D eigenvalue weighted by molar-refractivity contribution is 7.11. The van der Waals surface area contributed by atoms with Gasteiger partial charge in [-0.3, -0.25) is 4.79 Å². The Kier molecular flexibility index (Phi) is 3.98. The summed E-state index contributed by atoms with van der Waals surface area (Å²) in [6.45, 7) is 3.63. The number of fused-ring (bicyclic) bond motifs is 1. The molecule has 0 fully saturated rings. The summed E-state index contributed by atoms with van der Waals surface area (Å²) in [7, 11) is 0. The normalized spacial score (nSPS) is 17.9. The monoisotopic (exact) mass is 315 g/mol. The molecule has 0 saturated carbocycles. The zero-order valence-electron chi connectivity index (χ0n) is 12.5. The summed E-state index contributed by atoms with van der Waals surface area (Å²) in [5, 5.41) is 1.81. The van der Waals surface area contributed by atoms with E-state index in [2.05, 4.69) is 0 Å². The van der Waals surface area contributed by atoms with Gasteiger partial charge in [0.2, 0.25) is 0 Å². The third-order valence-corrected chi connectivity index (χ3v) is 4.65. The van der Waals surface area contributed by atoms with Gasteiger partial charge >= 0.3 is 5.97 Å². The first-order valence-electron chi connectivity index (χ1n) is 7.23. The second-order valence-corrected chi connectivity index (χ2v) is 6.36. The smallest absolute Gasteiger partial charge is 0.349 e. The first-order chi connectivity index (χ1) is 10.6. The first kappa shape index (κ1) is 14.8. The van der Waals surface area contributed by atoms with Crippen LogP contribution in [0.3, 0.4) is 0 Å². The summed E-state index contributed by atoms with van der Waals surface area (Å²) >= 11 is 1.31. The van der Waals surface area contributed by atoms with E-state index >= 15 is 0 Å². The number of esters is 1. The number of rotatable bonds is 3. The van der Waals surface area contributed by atoms with Gasteiger partial charge in [0.25, 0.3) is 5.91 Å². The van der Waals surface area contributed by atoms with E-state index in [9.17, 15) is 9.59 Å². The predicted molar refractivity (Wildman–Crippen MR) is 86.3 cm³/mol. The number of hydrogen-bond donors (Lipinski definition) is 0. The number of thiophene rings is 1. The Morgan fingerprint density at radius 1 is 1.27 bits per heavy atom. The molecule has 22 heavy (non-hydrogen) atoms. The molecule has 2 atom stereocenters. The fourth-order valence-corrected chi connectivity index (χ4v) is 3.37. The van der Waals surface area contributed by atoms with E-state index in [0.717, 1.165) is 17.7 Å². The molecular formula is C17H17NO3S. The topological polar surface area (TPSA) is 46.6 Å². The van der Waals surface area contributed by atoms with Gasteiger partial charge in [-0.05, 0) is 43.3 Å². The molecule has 1 amide bonds. The zero-order valence-corrected chi connectivity index (χ0v) is 13.3. The van der Waals surface area contributed by atoms with Crippen LogP contribution in [0.2, 0.25) is 0 Å². The van der Waals surface area contributed by atoms with Gasteiger partial charge in [-0.25, -0.2) is 4.79 Å². The Labute approximate surface area is 133 Å². The van der Waals surface area contributed by atoms with Gasteiger partial charge in [-0.15, -0.1) is 11.3 Å². The highest BCUT2D eigenvalue weighted by Crippen LogP contribution is 2.32. The van der Waals surface area contributed by atoms with E-state index in [1.807, 2.05) is 36.6 Å². The lowest BCUT2D eigenvalue weighted by atomic mass is 10.1. The molecule has 0 unspecified atom stereocenters. The Bertz CT molecular complexity index is 696. The Balaban J connectivity index is 1.75. The van der Waals surface area contributed by atoms with Crippen molar-refractivity contribution in [3.05, 3.63) is 52.2 Å². The second kappa shape index (κ2) is 5.93. The average Bonchev–Trinajstić information content (AvgIpc) is 3.13. The van der Waals surface area contributed by atoms with E-state index in [0.29, 0.717) is 4.88 Å². The van der Waals surface area contributed by atoms with E-state index in [-0.39, 0.29) is 11.9 Å². The average molecular weight is 315 g/mol. The van der Waals surface area contributed by atoms with Crippen LogP contribution in [0.25, 0.3) is 0 Å². The van der Waals surface area contributed by atoms with Crippen LogP contribution < -0.4 is 4.90 Å². The van der Waals surface area contributed by atoms with Crippen molar-refractivity contribution in [1.29, 1.82) is 0 Å². The van der Waals surface area contributed by atoms with Crippen molar-refractivity contribution in [2.45, 2.75) is 32.4 Å². The maximum absolute atomic E-state index is 12.7. The van der Waals surface area contributed by atoms with Crippen LogP contribution >= 0.6 is 11.3 Å². The molecule has 0 bridgehead atoms. The third-order valence-electron chi connectivity index (χ3n) is 3.80. The van der Waals surface area contributed by atoms with Crippen molar-refractivity contribution in [3.8, 4) is 0 Å². The van der Waals surface area contributed by atoms with Gasteiger partial charge in [0, 0.05) is 11.7 Å². The van der Waals surface area contributed by atoms with Gasteiger partial charge in [0.15, 0.2) is 6.10 Å². The lowest BCUT2D eigenvalue weighted by molar-refractivity contribution is -0.126. The number of nitrogens with zero attached hydrogens (tertiary/aromatic N) is 1. The zero-order chi connectivity index (χ0) is 15.7. The number of benzene rings is 1. The van der Waals surface area contributed by atoms with Crippen molar-refractivity contribution in [2.75, 3.05) is 4.90 Å². The van der Waals surface area contributed by atoms with E-state index in [4.69, 9.17) is 4.74 Å². The first-order valence-corrected chi connectivity index (χ1v) is 8.11. The number of ether oxygens (including phenoxy) is 1. The van der Waals surface area contributed by atoms with Crippen molar-refractivity contribution < 1.29 is 14.3 Å². The van der Waals surface area contributed by atoms with Crippen molar-refractivity contribution in [1.82, 2.24) is 0 Å². The van der Waals surface area contributed by atoms with Crippen LogP contribution in [0.5, 0.6) is 0 Å². The summed E-state index contributed by atoms with van der Waals surface area (Å²) < 4.78 is 5.31. The van der Waals surface area contributed by atoms with Gasteiger partial charge < -0.3 is 9.64 Å². The molecule has 2 aromatic rings. The van der Waals surface area contributed by atoms with E-state index in [1.54, 1.807) is 24.0 Å². The number of amides is 1. The lowest BCUT2D eigenvalue weighted by Crippen LogP contribution is -2.43. The molecule has 0 spiro atoms. The van der Waals surface area contributed by atoms with Crippen LogP contribution in [-0.4, -0.2) is 24.0 Å². The fraction of sp³-hybridized carbons (Fsp3) is 0.294. The SMILES string of the molecule is C[C@@H]1Cc2ccccc2N1C(=O)[C@@H](C)OC(=O)c1cccs1. The summed E-state index contributed by atoms with van der Waals surface area (Å²) in [4.78, 5) is 26.9. The standard InChI is InChI=1S/C17H17NO3S/c1-11-10-13-6-3-4-7-14(13)18(11)16(19)12(2)21-17(20)15-8-5-9-22-15/h3-9,11-12H,10H2,1-2H3/t11-,12-/m1/s1. The van der Waals surface area contributed by atoms with Gasteiger partial charge in [-0.2, -0.15) is 0 Å². The number of para-hydroxylation sites is 1. The number of carbonyl (C=O) groups is 2. The second-order valence-electron chi connectivity index (χ2n) is 5.41. The third kappa shape index (κ3) is 2.64. The largest absolute Gasteiger partial charge is 0.448 e. The van der Waals surface area contributed by atoms with Crippen LogP contribution in [0, 0.1) is 0 Å². The van der Waals surface area contributed by atoms with Crippen molar-refractivity contribution >= 4 is 28.9 Å². The van der Waals surface area contributed by atoms with Crippen LogP contribution in [0.1, 0.15) is 29.1 Å². The molecule has 0 N–H and O–H groups in total. The number of anilines is 1. The molecule has 2 heterocycles. The lowest BCUT2D eigenvalue weighted by Gasteiger charge is -2.25. The number of hydrogen-bond acceptors (Lipinski definition) is 4. The maximum Gasteiger partial charge on any atom is 0.349 e. The Morgan fingerprint density at radius 2 is 2.05 bits per heavy atom. The van der Waals surface area contributed by atoms with Gasteiger partial charge in [-0.1, -0.05) is 24.3 Å². The summed E-state index contributed by atoms with van der Waals surface area (Å²) in [6, 6.07) is 11.4. The molecule has 1 aromatic carbocycles. The minimum Gasteiger partial charge on any atom is -0.448 e. The van der Waals surface area contributed by atoms with E-state index < -0.39 is 12.1 Å². The fourth-order valence-electron chi connectivity index (χ4n) is 2.76. The minimum atomic E-state index is -0.803. The molecule has 0 aliphatic carbocycles. The van der Waals surface area contributed by atoms with Crippen LogP contribution in [-0.2, 0) is 16.0 Å². The quantitative estimate of drug-likeness (QED) is 0.817. The highest BCUT2D eigenvalue weighted by Gasteiger charge is 2.34. The molecule has 0 radical (unpaired) electrons. The Morgan fingerprint density at radius 3 is 2.77 bits per heavy atom. The summed E-state index contributed by atoms with van der Waals surface area (Å²) in [6.07, 6.45) is 0.0243. The predicted octanol–water partition coefficient (Wildman–Crippen LogP) is 3.27. The van der Waals surface area contributed by atoms with Crippen molar-refractivity contribution in [2.24, 2.45) is 0 Å². The summed E-state index contributed by atoms with van der Waals surface area (Å²) in [5.41, 5.74) is 2.07.